The van der Waals surface area contributed by atoms with E-state index in [0.717, 1.165) is 23.2 Å². The second kappa shape index (κ2) is 8.32. The first-order chi connectivity index (χ1) is 14.5. The van der Waals surface area contributed by atoms with Gasteiger partial charge in [-0.1, -0.05) is 18.2 Å². The highest BCUT2D eigenvalue weighted by atomic mass is 19.1. The van der Waals surface area contributed by atoms with E-state index >= 15 is 0 Å². The number of furan rings is 1. The van der Waals surface area contributed by atoms with Crippen LogP contribution in [0.5, 0.6) is 0 Å². The number of H-pyrrole nitrogens is 1. The second-order valence-electron chi connectivity index (χ2n) is 7.03. The van der Waals surface area contributed by atoms with Gasteiger partial charge in [-0.3, -0.25) is 14.3 Å². The Morgan fingerprint density at radius 1 is 1.23 bits per heavy atom. The van der Waals surface area contributed by atoms with Gasteiger partial charge in [-0.15, -0.1) is 0 Å². The summed E-state index contributed by atoms with van der Waals surface area (Å²) in [5.41, 5.74) is -0.861. The number of benzene rings is 1. The largest absolute Gasteiger partial charge is 0.469 e. The van der Waals surface area contributed by atoms with Crippen molar-refractivity contribution in [3.05, 3.63) is 86.8 Å². The van der Waals surface area contributed by atoms with Crippen molar-refractivity contribution < 1.29 is 8.81 Å². The van der Waals surface area contributed by atoms with Crippen LogP contribution in [0.4, 0.5) is 10.3 Å². The lowest BCUT2D eigenvalue weighted by molar-refractivity contribution is 0.494. The van der Waals surface area contributed by atoms with Gasteiger partial charge in [0, 0.05) is 24.2 Å². The van der Waals surface area contributed by atoms with Crippen LogP contribution in [0.15, 0.2) is 62.9 Å². The zero-order chi connectivity index (χ0) is 21.1. The molecule has 0 unspecified atom stereocenters. The van der Waals surface area contributed by atoms with Crippen LogP contribution in [0, 0.1) is 5.82 Å². The molecule has 0 aliphatic carbocycles. The molecule has 30 heavy (non-hydrogen) atoms. The molecule has 9 heteroatoms. The normalized spacial score (nSPS) is 12.2. The van der Waals surface area contributed by atoms with Gasteiger partial charge in [0.1, 0.15) is 17.0 Å². The number of hydrogen-bond acceptors (Lipinski definition) is 6. The highest BCUT2D eigenvalue weighted by Crippen LogP contribution is 2.11. The second-order valence-corrected chi connectivity index (χ2v) is 7.03. The monoisotopic (exact) mass is 409 g/mol. The van der Waals surface area contributed by atoms with Gasteiger partial charge < -0.3 is 9.73 Å². The van der Waals surface area contributed by atoms with Gasteiger partial charge in [0.25, 0.3) is 5.56 Å². The molecular weight excluding hydrogens is 389 g/mol. The van der Waals surface area contributed by atoms with Crippen LogP contribution in [0.1, 0.15) is 24.7 Å². The van der Waals surface area contributed by atoms with Crippen molar-refractivity contribution in [2.45, 2.75) is 32.4 Å². The lowest BCUT2D eigenvalue weighted by Crippen LogP contribution is -2.36. The lowest BCUT2D eigenvalue weighted by Gasteiger charge is -2.13. The van der Waals surface area contributed by atoms with Crippen molar-refractivity contribution in [1.29, 1.82) is 0 Å². The molecule has 1 aromatic carbocycles. The van der Waals surface area contributed by atoms with Gasteiger partial charge in [0.15, 0.2) is 5.65 Å². The molecule has 0 fully saturated rings. The van der Waals surface area contributed by atoms with Crippen LogP contribution < -0.4 is 16.6 Å². The number of fused-ring (bicyclic) bond motifs is 1. The van der Waals surface area contributed by atoms with Crippen LogP contribution in [0.2, 0.25) is 0 Å². The Balaban J connectivity index is 1.56. The predicted octanol–water partition coefficient (Wildman–Crippen LogP) is 2.69. The number of halogens is 1. The maximum atomic E-state index is 13.9. The highest BCUT2D eigenvalue weighted by Gasteiger charge is 2.13. The zero-order valence-electron chi connectivity index (χ0n) is 16.3. The summed E-state index contributed by atoms with van der Waals surface area (Å²) in [4.78, 5) is 36.2. The third kappa shape index (κ3) is 4.14. The number of nitrogens with zero attached hydrogens (tertiary/aromatic N) is 3. The van der Waals surface area contributed by atoms with Crippen molar-refractivity contribution >= 4 is 17.0 Å². The number of rotatable bonds is 7. The topological polar surface area (TPSA) is 106 Å². The SMILES string of the molecule is C[C@@H](CCc1ccco1)Nc1ncc2c(=O)n(Cc3ccccc3F)c(=O)[nH]c2n1. The van der Waals surface area contributed by atoms with Gasteiger partial charge in [-0.25, -0.2) is 14.2 Å². The molecule has 4 aromatic rings. The van der Waals surface area contributed by atoms with Crippen molar-refractivity contribution in [1.82, 2.24) is 19.5 Å². The van der Waals surface area contributed by atoms with Crippen LogP contribution in [-0.2, 0) is 13.0 Å². The molecule has 0 spiro atoms. The van der Waals surface area contributed by atoms with E-state index in [0.29, 0.717) is 5.95 Å². The third-order valence-electron chi connectivity index (χ3n) is 4.80. The molecule has 1 atom stereocenters. The smallest absolute Gasteiger partial charge is 0.330 e. The van der Waals surface area contributed by atoms with E-state index < -0.39 is 17.1 Å². The first-order valence-corrected chi connectivity index (χ1v) is 9.53. The van der Waals surface area contributed by atoms with Crippen molar-refractivity contribution in [2.24, 2.45) is 0 Å². The summed E-state index contributed by atoms with van der Waals surface area (Å²) in [6.45, 7) is 1.80. The van der Waals surface area contributed by atoms with E-state index in [1.165, 1.54) is 18.3 Å². The molecular formula is C21H20FN5O3. The third-order valence-corrected chi connectivity index (χ3v) is 4.80. The highest BCUT2D eigenvalue weighted by molar-refractivity contribution is 5.73. The van der Waals surface area contributed by atoms with Gasteiger partial charge in [0.2, 0.25) is 5.95 Å². The molecule has 4 rings (SSSR count). The molecule has 2 N–H and O–H groups in total. The van der Waals surface area contributed by atoms with Crippen molar-refractivity contribution in [2.75, 3.05) is 5.32 Å². The fourth-order valence-electron chi connectivity index (χ4n) is 3.16. The maximum absolute atomic E-state index is 13.9. The maximum Gasteiger partial charge on any atom is 0.330 e. The number of aromatic nitrogens is 4. The van der Waals surface area contributed by atoms with E-state index in [-0.39, 0.29) is 29.2 Å². The number of aromatic amines is 1. The Hall–Kier alpha value is -3.75. The average Bonchev–Trinajstić information content (AvgIpc) is 3.24. The number of anilines is 1. The van der Waals surface area contributed by atoms with Gasteiger partial charge in [-0.05, 0) is 31.5 Å². The summed E-state index contributed by atoms with van der Waals surface area (Å²) < 4.78 is 20.2. The molecule has 0 aliphatic heterocycles. The minimum atomic E-state index is -0.661. The number of nitrogens with one attached hydrogen (secondary N) is 2. The minimum Gasteiger partial charge on any atom is -0.469 e. The summed E-state index contributed by atoms with van der Waals surface area (Å²) in [5.74, 6) is 0.711. The van der Waals surface area contributed by atoms with E-state index in [2.05, 4.69) is 20.3 Å². The summed E-state index contributed by atoms with van der Waals surface area (Å²) in [5, 5.41) is 3.31. The predicted molar refractivity (Wildman–Crippen MR) is 110 cm³/mol. The molecule has 8 nitrogen and oxygen atoms in total. The molecule has 3 heterocycles. The van der Waals surface area contributed by atoms with Crippen LogP contribution in [0.3, 0.4) is 0 Å². The summed E-state index contributed by atoms with van der Waals surface area (Å²) in [6, 6.07) is 9.80. The molecule has 0 aliphatic rings. The Labute approximate surface area is 170 Å². The Morgan fingerprint density at radius 3 is 2.83 bits per heavy atom. The zero-order valence-corrected chi connectivity index (χ0v) is 16.3. The molecule has 0 amide bonds. The molecule has 3 aromatic heterocycles. The molecule has 0 bridgehead atoms. The summed E-state index contributed by atoms with van der Waals surface area (Å²) in [6.07, 6.45) is 4.54. The summed E-state index contributed by atoms with van der Waals surface area (Å²) >= 11 is 0. The number of hydrogen-bond donors (Lipinski definition) is 2. The number of aryl methyl sites for hydroxylation is 1. The van der Waals surface area contributed by atoms with Crippen LogP contribution >= 0.6 is 0 Å². The van der Waals surface area contributed by atoms with Crippen molar-refractivity contribution in [3.8, 4) is 0 Å². The fraction of sp³-hybridized carbons (Fsp3) is 0.238. The quantitative estimate of drug-likeness (QED) is 0.486. The van der Waals surface area contributed by atoms with Gasteiger partial charge in [-0.2, -0.15) is 4.98 Å². The Morgan fingerprint density at radius 2 is 2.07 bits per heavy atom. The van der Waals surface area contributed by atoms with Gasteiger partial charge >= 0.3 is 5.69 Å². The van der Waals surface area contributed by atoms with Crippen LogP contribution in [0.25, 0.3) is 11.0 Å². The lowest BCUT2D eigenvalue weighted by atomic mass is 10.1. The minimum absolute atomic E-state index is 0.0423. The molecule has 154 valence electrons. The van der Waals surface area contributed by atoms with E-state index in [4.69, 9.17) is 4.42 Å². The molecule has 0 saturated carbocycles. The summed E-state index contributed by atoms with van der Waals surface area (Å²) in [7, 11) is 0. The Bertz CT molecular complexity index is 1280. The van der Waals surface area contributed by atoms with Crippen LogP contribution in [-0.4, -0.2) is 25.6 Å². The first kappa shape index (κ1) is 19.6. The first-order valence-electron chi connectivity index (χ1n) is 9.53. The average molecular weight is 409 g/mol. The van der Waals surface area contributed by atoms with Crippen molar-refractivity contribution in [3.63, 3.8) is 0 Å². The van der Waals surface area contributed by atoms with E-state index in [9.17, 15) is 14.0 Å². The molecule has 0 radical (unpaired) electrons. The standard InChI is InChI=1S/C21H20FN5O3/c1-13(8-9-15-6-4-10-30-15)24-20-23-11-16-18(25-20)26-21(29)27(19(16)28)12-14-5-2-3-7-17(14)22/h2-7,10-11,13H,8-9,12H2,1H3,(H2,23,24,25,26,29)/t13-/m0/s1. The molecule has 0 saturated heterocycles. The fourth-order valence-corrected chi connectivity index (χ4v) is 3.16. The van der Waals surface area contributed by atoms with E-state index in [1.54, 1.807) is 18.4 Å². The van der Waals surface area contributed by atoms with E-state index in [1.807, 2.05) is 19.1 Å². The van der Waals surface area contributed by atoms with Gasteiger partial charge in [0.05, 0.1) is 12.8 Å². The Kier molecular flexibility index (Phi) is 5.42.